The van der Waals surface area contributed by atoms with Crippen LogP contribution in [0, 0.1) is 0 Å². The quantitative estimate of drug-likeness (QED) is 0.387. The lowest BCUT2D eigenvalue weighted by atomic mass is 10.3. The third-order valence-electron chi connectivity index (χ3n) is 0.604. The van der Waals surface area contributed by atoms with Crippen LogP contribution < -0.4 is 0 Å². The number of allylic oxidation sites excluding steroid dienone is 2. The molecule has 0 unspecified atom stereocenters. The van der Waals surface area contributed by atoms with Crippen molar-refractivity contribution in [2.45, 2.75) is 19.8 Å². The molecule has 0 aliphatic heterocycles. The summed E-state index contributed by atoms with van der Waals surface area (Å²) in [5.74, 6) is 0. The number of carbonyl (C=O) groups is 1. The lowest BCUT2D eigenvalue weighted by Gasteiger charge is -1.72. The van der Waals surface area contributed by atoms with Gasteiger partial charge in [0.25, 0.3) is 0 Å². The van der Waals surface area contributed by atoms with Gasteiger partial charge in [-0.15, -0.1) is 0 Å². The topological polar surface area (TPSA) is 17.1 Å². The number of hydrogen-bond acceptors (Lipinski definition) is 1. The molecule has 0 N–H and O–H groups in total. The van der Waals surface area contributed by atoms with Gasteiger partial charge in [0.1, 0.15) is 7.63 Å². The fourth-order valence-electron chi connectivity index (χ4n) is 0.298. The molecule has 0 heterocycles. The van der Waals surface area contributed by atoms with Crippen molar-refractivity contribution in [1.29, 1.82) is 0 Å². The molecule has 0 fully saturated rings. The summed E-state index contributed by atoms with van der Waals surface area (Å²) in [6.07, 6.45) is 4.28. The van der Waals surface area contributed by atoms with Gasteiger partial charge in [0.05, 0.1) is 0 Å². The van der Waals surface area contributed by atoms with Gasteiger partial charge in [-0.1, -0.05) is 19.1 Å². The highest BCUT2D eigenvalue weighted by atomic mass is 16.1. The Morgan fingerprint density at radius 1 is 1.71 bits per heavy atom. The third kappa shape index (κ3) is 5.41. The number of hydrogen-bond donors (Lipinski definition) is 0. The van der Waals surface area contributed by atoms with E-state index < -0.39 is 6.26 Å². The molecule has 0 rings (SSSR count). The molecule has 0 aromatic rings. The van der Waals surface area contributed by atoms with E-state index in [2.05, 4.69) is 0 Å². The lowest BCUT2D eigenvalue weighted by Crippen LogP contribution is -1.63. The molecule has 0 saturated heterocycles. The van der Waals surface area contributed by atoms with Gasteiger partial charge < -0.3 is 4.79 Å². The van der Waals surface area contributed by atoms with E-state index in [9.17, 15) is 4.79 Å². The second kappa shape index (κ2) is 5.41. The molecule has 0 aliphatic carbocycles. The zero-order valence-electron chi connectivity index (χ0n) is 5.48. The van der Waals surface area contributed by atoms with Crippen LogP contribution in [-0.2, 0) is 4.79 Å². The van der Waals surface area contributed by atoms with Crippen LogP contribution in [0.25, 0.3) is 0 Å². The summed E-state index contributed by atoms with van der Waals surface area (Å²) in [6, 6.07) is 0. The van der Waals surface area contributed by atoms with Crippen molar-refractivity contribution in [2.75, 3.05) is 0 Å². The van der Waals surface area contributed by atoms with Crippen molar-refractivity contribution in [3.05, 3.63) is 12.2 Å². The Balaban J connectivity index is 3.16. The van der Waals surface area contributed by atoms with E-state index in [4.69, 9.17) is 1.37 Å². The number of carbonyl (C=O) groups excluding carboxylic acids is 1. The van der Waals surface area contributed by atoms with E-state index in [0.29, 0.717) is 0 Å². The Kier molecular flexibility index (Phi) is 3.53. The largest absolute Gasteiger partial charge is 0.303 e. The van der Waals surface area contributed by atoms with Crippen molar-refractivity contribution in [2.24, 2.45) is 0 Å². The Bertz CT molecular complexity index is 96.7. The molecule has 1 heteroatoms. The Morgan fingerprint density at radius 2 is 2.43 bits per heavy atom. The minimum absolute atomic E-state index is 0.258. The van der Waals surface area contributed by atoms with Crippen LogP contribution in [-0.4, -0.2) is 6.26 Å². The molecule has 0 atom stereocenters. The molecule has 0 spiro atoms. The molecule has 0 aromatic carbocycles. The van der Waals surface area contributed by atoms with Crippen molar-refractivity contribution < 1.29 is 6.17 Å². The second-order valence-electron chi connectivity index (χ2n) is 1.23. The van der Waals surface area contributed by atoms with E-state index >= 15 is 0 Å². The average Bonchev–Trinajstić information content (AvgIpc) is 1.66. The van der Waals surface area contributed by atoms with Crippen LogP contribution in [0.5, 0.6) is 0 Å². The Hall–Kier alpha value is -0.590. The monoisotopic (exact) mass is 99.1 g/mol. The van der Waals surface area contributed by atoms with Gasteiger partial charge in [-0.05, 0) is 6.42 Å². The van der Waals surface area contributed by atoms with Gasteiger partial charge >= 0.3 is 0 Å². The zero-order chi connectivity index (χ0) is 6.41. The van der Waals surface area contributed by atoms with Gasteiger partial charge in [0.15, 0.2) is 0 Å². The predicted octanol–water partition coefficient (Wildman–Crippen LogP) is 1.54. The lowest BCUT2D eigenvalue weighted by molar-refractivity contribution is -0.107. The summed E-state index contributed by atoms with van der Waals surface area (Å²) in [6.45, 7) is 1.99. The standard InChI is InChI=1S/C6H10O/c1-2-3-4-5-6-7/h3-4,6H,2,5H2,1H3/i6D. The summed E-state index contributed by atoms with van der Waals surface area (Å²) in [4.78, 5) is 9.93. The first kappa shape index (κ1) is 4.57. The summed E-state index contributed by atoms with van der Waals surface area (Å²) in [5, 5.41) is 0. The fourth-order valence-corrected chi connectivity index (χ4v) is 0.298. The van der Waals surface area contributed by atoms with Crippen molar-refractivity contribution in [3.63, 3.8) is 0 Å². The Morgan fingerprint density at radius 3 is 2.86 bits per heavy atom. The van der Waals surface area contributed by atoms with Crippen LogP contribution in [0.1, 0.15) is 21.1 Å². The molecular weight excluding hydrogens is 88.1 g/mol. The summed E-state index contributed by atoms with van der Waals surface area (Å²) >= 11 is 0. The highest BCUT2D eigenvalue weighted by Gasteiger charge is 1.67. The van der Waals surface area contributed by atoms with Crippen LogP contribution in [0.2, 0.25) is 0 Å². The smallest absolute Gasteiger partial charge is 0.123 e. The van der Waals surface area contributed by atoms with E-state index in [0.717, 1.165) is 6.42 Å². The normalized spacial score (nSPS) is 11.9. The van der Waals surface area contributed by atoms with Crippen molar-refractivity contribution >= 4 is 6.26 Å². The van der Waals surface area contributed by atoms with E-state index in [1.54, 1.807) is 6.08 Å². The second-order valence-corrected chi connectivity index (χ2v) is 1.23. The minimum Gasteiger partial charge on any atom is -0.303 e. The SMILES string of the molecule is [2H]C(=O)CC=CCC. The predicted molar refractivity (Wildman–Crippen MR) is 30.1 cm³/mol. The van der Waals surface area contributed by atoms with Crippen LogP contribution >= 0.6 is 0 Å². The van der Waals surface area contributed by atoms with Crippen molar-refractivity contribution in [3.8, 4) is 0 Å². The Labute approximate surface area is 45.4 Å². The fraction of sp³-hybridized carbons (Fsp3) is 0.500. The zero-order valence-corrected chi connectivity index (χ0v) is 4.48. The van der Waals surface area contributed by atoms with Gasteiger partial charge in [-0.25, -0.2) is 0 Å². The van der Waals surface area contributed by atoms with Gasteiger partial charge in [-0.2, -0.15) is 0 Å². The van der Waals surface area contributed by atoms with Crippen molar-refractivity contribution in [1.82, 2.24) is 0 Å². The molecule has 0 aromatic heterocycles. The molecule has 0 radical (unpaired) electrons. The first-order valence-electron chi connectivity index (χ1n) is 2.91. The molecule has 0 amide bonds. The maximum Gasteiger partial charge on any atom is 0.123 e. The molecular formula is C6H10O. The highest BCUT2D eigenvalue weighted by Crippen LogP contribution is 1.80. The number of rotatable bonds is 3. The molecule has 1 nitrogen and oxygen atoms in total. The van der Waals surface area contributed by atoms with Gasteiger partial charge in [0, 0.05) is 6.42 Å². The van der Waals surface area contributed by atoms with E-state index in [1.165, 1.54) is 0 Å². The first-order chi connectivity index (χ1) is 3.77. The molecule has 7 heavy (non-hydrogen) atoms. The summed E-state index contributed by atoms with van der Waals surface area (Å²) in [7, 11) is 0. The molecule has 0 bridgehead atoms. The molecule has 40 valence electrons. The first-order valence-corrected chi connectivity index (χ1v) is 2.41. The van der Waals surface area contributed by atoms with Gasteiger partial charge in [0.2, 0.25) is 0 Å². The van der Waals surface area contributed by atoms with Crippen LogP contribution in [0.15, 0.2) is 12.2 Å². The van der Waals surface area contributed by atoms with Gasteiger partial charge in [-0.3, -0.25) is 0 Å². The van der Waals surface area contributed by atoms with E-state index in [-0.39, 0.29) is 6.42 Å². The minimum atomic E-state index is -0.519. The van der Waals surface area contributed by atoms with Crippen LogP contribution in [0.3, 0.4) is 0 Å². The summed E-state index contributed by atoms with van der Waals surface area (Å²) in [5.41, 5.74) is 0. The number of aldehydes is 1. The highest BCUT2D eigenvalue weighted by molar-refractivity contribution is 5.51. The van der Waals surface area contributed by atoms with Crippen LogP contribution in [0.4, 0.5) is 0 Å². The average molecular weight is 99.2 g/mol. The molecule has 0 saturated carbocycles. The third-order valence-corrected chi connectivity index (χ3v) is 0.604. The maximum atomic E-state index is 9.93. The maximum absolute atomic E-state index is 9.93. The van der Waals surface area contributed by atoms with E-state index in [1.807, 2.05) is 13.0 Å². The molecule has 0 aliphatic rings. The summed E-state index contributed by atoms with van der Waals surface area (Å²) < 4.78 is 6.47.